The number of piperidine rings is 1. The Kier molecular flexibility index (Phi) is 6.68. The van der Waals surface area contributed by atoms with Gasteiger partial charge >= 0.3 is 0 Å². The molecule has 36 heavy (non-hydrogen) atoms. The number of anilines is 1. The van der Waals surface area contributed by atoms with E-state index in [1.54, 1.807) is 28.7 Å². The molecule has 1 atom stereocenters. The van der Waals surface area contributed by atoms with Gasteiger partial charge in [-0.2, -0.15) is 4.31 Å². The zero-order valence-corrected chi connectivity index (χ0v) is 23.4. The van der Waals surface area contributed by atoms with Crippen LogP contribution in [-0.4, -0.2) is 36.7 Å². The van der Waals surface area contributed by atoms with Gasteiger partial charge in [0.15, 0.2) is 0 Å². The number of carbonyl (C=O) groups excluding carboxylic acids is 1. The van der Waals surface area contributed by atoms with E-state index >= 15 is 0 Å². The van der Waals surface area contributed by atoms with Crippen molar-refractivity contribution in [1.82, 2.24) is 9.29 Å². The number of aromatic nitrogens is 1. The van der Waals surface area contributed by atoms with Gasteiger partial charge in [-0.3, -0.25) is 4.79 Å². The Morgan fingerprint density at radius 3 is 2.69 bits per heavy atom. The van der Waals surface area contributed by atoms with Crippen molar-refractivity contribution in [2.75, 3.05) is 18.4 Å². The van der Waals surface area contributed by atoms with Crippen molar-refractivity contribution in [3.8, 4) is 10.6 Å². The summed E-state index contributed by atoms with van der Waals surface area (Å²) >= 11 is 10.3. The maximum Gasteiger partial charge on any atom is 0.252 e. The highest BCUT2D eigenvalue weighted by Gasteiger charge is 2.35. The summed E-state index contributed by atoms with van der Waals surface area (Å²) in [6, 6.07) is 11.2. The molecule has 3 aromatic heterocycles. The molecule has 0 saturated carbocycles. The second kappa shape index (κ2) is 9.81. The lowest BCUT2D eigenvalue weighted by Crippen LogP contribution is -2.43. The third kappa shape index (κ3) is 4.52. The lowest BCUT2D eigenvalue weighted by molar-refractivity contribution is -0.120. The van der Waals surface area contributed by atoms with Gasteiger partial charge in [-0.05, 0) is 68.4 Å². The molecular weight excluding hydrogens is 554 g/mol. The predicted octanol–water partition coefficient (Wildman–Crippen LogP) is 6.66. The van der Waals surface area contributed by atoms with Gasteiger partial charge in [0.2, 0.25) is 5.91 Å². The minimum atomic E-state index is -3.67. The first kappa shape index (κ1) is 24.5. The topological polar surface area (TPSA) is 79.4 Å². The van der Waals surface area contributed by atoms with Gasteiger partial charge in [0.1, 0.15) is 14.2 Å². The minimum Gasteiger partial charge on any atom is -0.317 e. The van der Waals surface area contributed by atoms with Crippen LogP contribution in [0.3, 0.4) is 0 Å². The number of fused-ring (bicyclic) bond motifs is 2. The second-order valence-corrected chi connectivity index (χ2v) is 15.2. The van der Waals surface area contributed by atoms with E-state index in [0.717, 1.165) is 62.8 Å². The summed E-state index contributed by atoms with van der Waals surface area (Å²) in [7, 11) is -3.67. The van der Waals surface area contributed by atoms with Gasteiger partial charge in [-0.15, -0.1) is 34.0 Å². The van der Waals surface area contributed by atoms with Crippen LogP contribution in [0, 0.1) is 5.92 Å². The van der Waals surface area contributed by atoms with Crippen molar-refractivity contribution in [3.63, 3.8) is 0 Å². The number of carbonyl (C=O) groups is 1. The molecule has 0 bridgehead atoms. The smallest absolute Gasteiger partial charge is 0.252 e. The number of nitrogens with zero attached hydrogens (tertiary/aromatic N) is 2. The Bertz CT molecular complexity index is 1520. The van der Waals surface area contributed by atoms with E-state index in [1.807, 2.05) is 18.2 Å². The quantitative estimate of drug-likeness (QED) is 0.288. The summed E-state index contributed by atoms with van der Waals surface area (Å²) in [5.41, 5.74) is 3.33. The number of sulfonamides is 1. The molecule has 1 aliphatic carbocycles. The van der Waals surface area contributed by atoms with E-state index in [1.165, 1.54) is 20.8 Å². The monoisotopic (exact) mass is 577 g/mol. The number of hydrogen-bond acceptors (Lipinski definition) is 7. The zero-order chi connectivity index (χ0) is 24.9. The summed E-state index contributed by atoms with van der Waals surface area (Å²) in [6.45, 7) is 0.580. The van der Waals surface area contributed by atoms with Crippen LogP contribution in [0.25, 0.3) is 20.8 Å². The molecule has 1 amide bonds. The highest BCUT2D eigenvalue weighted by Crippen LogP contribution is 2.46. The summed E-state index contributed by atoms with van der Waals surface area (Å²) < 4.78 is 29.5. The van der Waals surface area contributed by atoms with Crippen molar-refractivity contribution in [3.05, 3.63) is 51.2 Å². The molecule has 1 unspecified atom stereocenters. The lowest BCUT2D eigenvalue weighted by Gasteiger charge is -2.30. The van der Waals surface area contributed by atoms with Crippen LogP contribution in [0.5, 0.6) is 0 Å². The van der Waals surface area contributed by atoms with E-state index in [0.29, 0.717) is 23.7 Å². The van der Waals surface area contributed by atoms with Crippen LogP contribution in [0.4, 0.5) is 5.00 Å². The average molecular weight is 578 g/mol. The molecule has 1 fully saturated rings. The van der Waals surface area contributed by atoms with Crippen molar-refractivity contribution in [1.29, 1.82) is 0 Å². The fraction of sp³-hybridized carbons (Fsp3) is 0.360. The molecule has 11 heteroatoms. The van der Waals surface area contributed by atoms with E-state index < -0.39 is 15.9 Å². The molecule has 1 saturated heterocycles. The number of amides is 1. The Morgan fingerprint density at radius 2 is 1.89 bits per heavy atom. The summed E-state index contributed by atoms with van der Waals surface area (Å²) in [4.78, 5) is 19.7. The van der Waals surface area contributed by atoms with Crippen LogP contribution in [-0.2, 0) is 27.7 Å². The van der Waals surface area contributed by atoms with Crippen molar-refractivity contribution in [2.24, 2.45) is 5.92 Å². The Balaban J connectivity index is 1.28. The molecule has 1 aliphatic heterocycles. The van der Waals surface area contributed by atoms with Crippen LogP contribution in [0.1, 0.15) is 36.1 Å². The normalized spacial score (nSPS) is 18.9. The van der Waals surface area contributed by atoms with Gasteiger partial charge in [0.25, 0.3) is 10.0 Å². The summed E-state index contributed by atoms with van der Waals surface area (Å²) in [5, 5.41) is 4.98. The van der Waals surface area contributed by atoms with Crippen molar-refractivity contribution < 1.29 is 13.2 Å². The number of thiazole rings is 1. The van der Waals surface area contributed by atoms with Gasteiger partial charge in [0, 0.05) is 23.5 Å². The molecule has 4 aromatic rings. The highest BCUT2D eigenvalue weighted by molar-refractivity contribution is 7.91. The minimum absolute atomic E-state index is 0.125. The number of para-hydroxylation sites is 1. The number of benzene rings is 1. The first-order valence-corrected chi connectivity index (χ1v) is 16.2. The Hall–Kier alpha value is -1.82. The molecule has 4 heterocycles. The first-order chi connectivity index (χ1) is 17.4. The van der Waals surface area contributed by atoms with Gasteiger partial charge in [-0.25, -0.2) is 13.4 Å². The molecule has 1 aromatic carbocycles. The van der Waals surface area contributed by atoms with Crippen LogP contribution >= 0.6 is 45.6 Å². The maximum atomic E-state index is 13.5. The SMILES string of the molecule is O=C(Nc1sc2c(c1-c1nc3ccccc3s1)CCCC2)C1CCCN(S(=O)(=O)c2ccc(Cl)s2)C1. The van der Waals surface area contributed by atoms with Crippen LogP contribution < -0.4 is 5.32 Å². The largest absolute Gasteiger partial charge is 0.317 e. The Labute approximate surface area is 227 Å². The fourth-order valence-corrected chi connectivity index (χ4v) is 10.6. The maximum absolute atomic E-state index is 13.5. The number of thiophene rings is 2. The molecule has 0 radical (unpaired) electrons. The molecule has 6 nitrogen and oxygen atoms in total. The zero-order valence-electron chi connectivity index (χ0n) is 19.3. The molecule has 0 spiro atoms. The lowest BCUT2D eigenvalue weighted by atomic mass is 9.95. The molecule has 1 N–H and O–H groups in total. The van der Waals surface area contributed by atoms with Gasteiger partial charge < -0.3 is 5.32 Å². The standard InChI is InChI=1S/C25H24ClN3O3S4/c26-20-11-12-21(35-20)36(31,32)29-13-5-6-15(14-29)23(30)28-25-22(16-7-1-3-9-18(16)33-25)24-27-17-8-2-4-10-19(17)34-24/h2,4,8,10-12,15H,1,3,5-7,9,13-14H2,(H,28,30). The van der Waals surface area contributed by atoms with Crippen molar-refractivity contribution in [2.45, 2.75) is 42.7 Å². The van der Waals surface area contributed by atoms with Crippen LogP contribution in [0.2, 0.25) is 4.34 Å². The third-order valence-electron chi connectivity index (χ3n) is 6.81. The van der Waals surface area contributed by atoms with Gasteiger partial charge in [0.05, 0.1) is 20.5 Å². The molecule has 6 rings (SSSR count). The average Bonchev–Trinajstić information content (AvgIpc) is 3.60. The molecular formula is C25H24ClN3O3S4. The predicted molar refractivity (Wildman–Crippen MR) is 149 cm³/mol. The summed E-state index contributed by atoms with van der Waals surface area (Å²) in [5.74, 6) is -0.536. The highest BCUT2D eigenvalue weighted by atomic mass is 35.5. The van der Waals surface area contributed by atoms with Crippen LogP contribution in [0.15, 0.2) is 40.6 Å². The number of rotatable bonds is 5. The number of hydrogen-bond donors (Lipinski definition) is 1. The second-order valence-electron chi connectivity index (χ2n) is 9.15. The van der Waals surface area contributed by atoms with E-state index in [4.69, 9.17) is 16.6 Å². The fourth-order valence-electron chi connectivity index (χ4n) is 5.01. The van der Waals surface area contributed by atoms with E-state index in [-0.39, 0.29) is 16.7 Å². The number of nitrogens with one attached hydrogen (secondary N) is 1. The van der Waals surface area contributed by atoms with E-state index in [2.05, 4.69) is 11.4 Å². The Morgan fingerprint density at radius 1 is 1.06 bits per heavy atom. The van der Waals surface area contributed by atoms with Gasteiger partial charge in [-0.1, -0.05) is 23.7 Å². The van der Waals surface area contributed by atoms with E-state index in [9.17, 15) is 13.2 Å². The first-order valence-electron chi connectivity index (χ1n) is 12.0. The number of aryl methyl sites for hydroxylation is 1. The van der Waals surface area contributed by atoms with Crippen molar-refractivity contribution >= 4 is 76.8 Å². The summed E-state index contributed by atoms with van der Waals surface area (Å²) in [6.07, 6.45) is 5.60. The number of halogens is 1. The molecule has 2 aliphatic rings. The third-order valence-corrected chi connectivity index (χ3v) is 12.6. The molecule has 188 valence electrons.